The maximum Gasteiger partial charge on any atom is 2.00 e. The molecular weight excluding hydrogens is 326 g/mol. The SMILES string of the molecule is [NH-]S(=O)(=O)CCCO.[NH-]S(=O)(=O)CCCO.[Zn+2]. The van der Waals surface area contributed by atoms with Crippen LogP contribution in [0.1, 0.15) is 12.8 Å². The third kappa shape index (κ3) is 31.4. The van der Waals surface area contributed by atoms with E-state index in [1.165, 1.54) is 0 Å². The molecule has 8 nitrogen and oxygen atoms in total. The Morgan fingerprint density at radius 2 is 1.00 bits per heavy atom. The summed E-state index contributed by atoms with van der Waals surface area (Å²) in [5, 5.41) is 28.8. The van der Waals surface area contributed by atoms with Crippen LogP contribution in [0, 0.1) is 0 Å². The summed E-state index contributed by atoms with van der Waals surface area (Å²) in [4.78, 5) is 0. The second-order valence-electron chi connectivity index (χ2n) is 2.79. The van der Waals surface area contributed by atoms with Crippen molar-refractivity contribution >= 4 is 20.0 Å². The molecule has 0 aromatic rings. The maximum absolute atomic E-state index is 9.95. The van der Waals surface area contributed by atoms with Crippen LogP contribution in [-0.4, -0.2) is 51.8 Å². The van der Waals surface area contributed by atoms with E-state index in [1.54, 1.807) is 0 Å². The van der Waals surface area contributed by atoms with E-state index < -0.39 is 20.0 Å². The summed E-state index contributed by atoms with van der Waals surface area (Å²) in [5.41, 5.74) is 0. The summed E-state index contributed by atoms with van der Waals surface area (Å²) in [5.74, 6) is -0.493. The van der Waals surface area contributed by atoms with Gasteiger partial charge in [-0.1, -0.05) is 0 Å². The van der Waals surface area contributed by atoms with Crippen LogP contribution in [0.5, 0.6) is 0 Å². The van der Waals surface area contributed by atoms with Gasteiger partial charge >= 0.3 is 19.5 Å². The summed E-state index contributed by atoms with van der Waals surface area (Å²) in [7, 11) is -7.19. The Morgan fingerprint density at radius 3 is 1.06 bits per heavy atom. The standard InChI is InChI=1S/2C3H8NO3S.Zn/c2*4-8(6,7)3-1-2-5;/h2*5H,1-3H2,(H-,4,6,7);/q2*-1;+2. The molecule has 0 saturated carbocycles. The summed E-state index contributed by atoms with van der Waals surface area (Å²) >= 11 is 0. The Labute approximate surface area is 114 Å². The zero-order chi connectivity index (χ0) is 13.2. The first-order valence-corrected chi connectivity index (χ1v) is 7.59. The van der Waals surface area contributed by atoms with Crippen LogP contribution in [0.15, 0.2) is 0 Å². The average molecular weight is 342 g/mol. The van der Waals surface area contributed by atoms with Gasteiger partial charge in [-0.25, -0.2) is 16.8 Å². The molecule has 0 radical (unpaired) electrons. The zero-order valence-electron chi connectivity index (χ0n) is 9.29. The van der Waals surface area contributed by atoms with Gasteiger partial charge in [-0.3, -0.25) is 0 Å². The number of aliphatic hydroxyl groups is 2. The smallest absolute Gasteiger partial charge is 0.564 e. The quantitative estimate of drug-likeness (QED) is 0.620. The van der Waals surface area contributed by atoms with E-state index in [1.807, 2.05) is 0 Å². The molecule has 0 unspecified atom stereocenters. The molecular formula is C6H16N2O6S2Zn. The molecule has 0 saturated heterocycles. The predicted molar refractivity (Wildman–Crippen MR) is 59.6 cm³/mol. The van der Waals surface area contributed by atoms with E-state index in [2.05, 4.69) is 0 Å². The Balaban J connectivity index is -0.000000218. The van der Waals surface area contributed by atoms with Crippen molar-refractivity contribution in [3.8, 4) is 0 Å². The monoisotopic (exact) mass is 340 g/mol. The molecule has 0 rings (SSSR count). The largest absolute Gasteiger partial charge is 2.00 e. The molecule has 17 heavy (non-hydrogen) atoms. The summed E-state index contributed by atoms with van der Waals surface area (Å²) in [6.45, 7) is -0.337. The van der Waals surface area contributed by atoms with Crippen molar-refractivity contribution in [1.29, 1.82) is 0 Å². The molecule has 0 fully saturated rings. The van der Waals surface area contributed by atoms with E-state index in [4.69, 9.17) is 20.5 Å². The van der Waals surface area contributed by atoms with Crippen LogP contribution in [0.4, 0.5) is 0 Å². The summed E-state index contributed by atoms with van der Waals surface area (Å²) < 4.78 is 39.8. The molecule has 100 valence electrons. The number of rotatable bonds is 6. The Hall–Kier alpha value is 0.363. The summed E-state index contributed by atoms with van der Waals surface area (Å²) in [6, 6.07) is 0. The Kier molecular flexibility index (Phi) is 15.2. The molecule has 0 aromatic heterocycles. The van der Waals surface area contributed by atoms with Crippen molar-refractivity contribution in [1.82, 2.24) is 0 Å². The molecule has 0 amide bonds. The van der Waals surface area contributed by atoms with Gasteiger partial charge in [0.1, 0.15) is 0 Å². The molecule has 0 aromatic carbocycles. The van der Waals surface area contributed by atoms with Crippen LogP contribution >= 0.6 is 0 Å². The number of hydrogen-bond acceptors (Lipinski definition) is 6. The van der Waals surface area contributed by atoms with Crippen molar-refractivity contribution in [2.75, 3.05) is 24.7 Å². The topological polar surface area (TPSA) is 156 Å². The van der Waals surface area contributed by atoms with Crippen LogP contribution in [0.25, 0.3) is 10.3 Å². The molecule has 0 aliphatic heterocycles. The third-order valence-corrected chi connectivity index (χ3v) is 2.79. The zero-order valence-corrected chi connectivity index (χ0v) is 13.9. The number of nitrogens with one attached hydrogen (secondary N) is 2. The van der Waals surface area contributed by atoms with Crippen molar-refractivity contribution in [3.63, 3.8) is 0 Å². The van der Waals surface area contributed by atoms with E-state index in [0.717, 1.165) is 0 Å². The fraction of sp³-hybridized carbons (Fsp3) is 1.00. The molecule has 0 aliphatic carbocycles. The second-order valence-corrected chi connectivity index (χ2v) is 6.07. The minimum absolute atomic E-state index is 0. The molecule has 11 heteroatoms. The van der Waals surface area contributed by atoms with E-state index in [-0.39, 0.29) is 57.0 Å². The van der Waals surface area contributed by atoms with Crippen molar-refractivity contribution in [3.05, 3.63) is 10.3 Å². The Morgan fingerprint density at radius 1 is 0.765 bits per heavy atom. The van der Waals surface area contributed by atoms with Gasteiger partial charge in [0.15, 0.2) is 0 Å². The van der Waals surface area contributed by atoms with Crippen molar-refractivity contribution < 1.29 is 46.5 Å². The van der Waals surface area contributed by atoms with E-state index in [9.17, 15) is 16.8 Å². The minimum atomic E-state index is -3.60. The van der Waals surface area contributed by atoms with Gasteiger partial charge in [0.05, 0.1) is 20.0 Å². The Bertz CT molecular complexity index is 319. The third-order valence-electron chi connectivity index (χ3n) is 1.14. The summed E-state index contributed by atoms with van der Waals surface area (Å²) in [6.07, 6.45) is 0.317. The number of hydrogen-bond donors (Lipinski definition) is 2. The van der Waals surface area contributed by atoms with Crippen LogP contribution in [-0.2, 0) is 39.5 Å². The fourth-order valence-corrected chi connectivity index (χ4v) is 1.53. The van der Waals surface area contributed by atoms with Crippen LogP contribution < -0.4 is 0 Å². The van der Waals surface area contributed by atoms with Crippen LogP contribution in [0.2, 0.25) is 0 Å². The minimum Gasteiger partial charge on any atom is -0.564 e. The molecule has 4 N–H and O–H groups in total. The molecule has 0 bridgehead atoms. The van der Waals surface area contributed by atoms with Crippen LogP contribution in [0.3, 0.4) is 0 Å². The number of aliphatic hydroxyl groups excluding tert-OH is 2. The number of sulfonamides is 2. The first-order valence-electron chi connectivity index (χ1n) is 4.28. The van der Waals surface area contributed by atoms with Gasteiger partial charge < -0.3 is 20.5 Å². The molecule has 0 aliphatic rings. The van der Waals surface area contributed by atoms with Gasteiger partial charge in [0, 0.05) is 24.7 Å². The predicted octanol–water partition coefficient (Wildman–Crippen LogP) is -0.501. The first-order chi connectivity index (χ1) is 7.12. The van der Waals surface area contributed by atoms with Crippen molar-refractivity contribution in [2.45, 2.75) is 12.8 Å². The normalized spacial score (nSPS) is 11.1. The van der Waals surface area contributed by atoms with Gasteiger partial charge in [0.25, 0.3) is 0 Å². The molecule has 0 heterocycles. The maximum atomic E-state index is 9.95. The average Bonchev–Trinajstić information content (AvgIpc) is 2.10. The fourth-order valence-electron chi connectivity index (χ4n) is 0.509. The van der Waals surface area contributed by atoms with E-state index >= 15 is 0 Å². The van der Waals surface area contributed by atoms with Gasteiger partial charge in [0.2, 0.25) is 0 Å². The molecule has 0 atom stereocenters. The van der Waals surface area contributed by atoms with Gasteiger partial charge in [-0.05, 0) is 12.8 Å². The first kappa shape index (κ1) is 22.5. The van der Waals surface area contributed by atoms with E-state index in [0.29, 0.717) is 0 Å². The second kappa shape index (κ2) is 11.5. The molecule has 0 spiro atoms. The van der Waals surface area contributed by atoms with Crippen molar-refractivity contribution in [2.24, 2.45) is 0 Å². The van der Waals surface area contributed by atoms with Gasteiger partial charge in [-0.2, -0.15) is 0 Å². The van der Waals surface area contributed by atoms with Gasteiger partial charge in [-0.15, -0.1) is 0 Å².